The molecule has 8 nitrogen and oxygen atoms in total. The largest absolute Gasteiger partial charge is 0.460 e. The zero-order chi connectivity index (χ0) is 26.1. The Morgan fingerprint density at radius 1 is 0.636 bits per heavy atom. The van der Waals surface area contributed by atoms with Crippen LogP contribution in [0.1, 0.15) is 101 Å². The Morgan fingerprint density at radius 3 is 1.12 bits per heavy atom. The number of amides is 1. The molecule has 0 aromatic heterocycles. The highest BCUT2D eigenvalue weighted by Gasteiger charge is 2.35. The summed E-state index contributed by atoms with van der Waals surface area (Å²) in [6.07, 6.45) is 1.63. The molecule has 0 aliphatic heterocycles. The molecule has 1 N–H and O–H groups in total. The van der Waals surface area contributed by atoms with Gasteiger partial charge in [-0.05, 0) is 87.7 Å². The standard InChI is InChI=1S/C25H43NO7/c1-11-18(27)26-25(15-12-19(28)31-22(2,3)4,16-13-20(29)32-23(5,6)7)17-14-21(30)33-24(8,9)10/h11H,1,12-17H2,2-10H3,(H,26,27). The van der Waals surface area contributed by atoms with Crippen molar-refractivity contribution < 1.29 is 33.4 Å². The van der Waals surface area contributed by atoms with Gasteiger partial charge in [-0.15, -0.1) is 0 Å². The summed E-state index contributed by atoms with van der Waals surface area (Å²) in [7, 11) is 0. The van der Waals surface area contributed by atoms with Gasteiger partial charge in [0.25, 0.3) is 0 Å². The van der Waals surface area contributed by atoms with Crippen molar-refractivity contribution in [3.8, 4) is 0 Å². The molecule has 0 unspecified atom stereocenters. The van der Waals surface area contributed by atoms with Crippen molar-refractivity contribution >= 4 is 23.8 Å². The van der Waals surface area contributed by atoms with Crippen molar-refractivity contribution in [2.75, 3.05) is 0 Å². The van der Waals surface area contributed by atoms with Gasteiger partial charge < -0.3 is 19.5 Å². The number of carbonyl (C=O) groups excluding carboxylic acids is 4. The topological polar surface area (TPSA) is 108 Å². The van der Waals surface area contributed by atoms with E-state index in [1.54, 1.807) is 62.3 Å². The SMILES string of the molecule is C=CC(=O)NC(CCC(=O)OC(C)(C)C)(CCC(=O)OC(C)(C)C)CCC(=O)OC(C)(C)C. The number of rotatable bonds is 11. The maximum atomic E-state index is 12.4. The fourth-order valence-corrected chi connectivity index (χ4v) is 3.08. The first-order valence-corrected chi connectivity index (χ1v) is 11.4. The fraction of sp³-hybridized carbons (Fsp3) is 0.760. The van der Waals surface area contributed by atoms with E-state index in [1.165, 1.54) is 0 Å². The molecule has 0 aliphatic rings. The summed E-state index contributed by atoms with van der Waals surface area (Å²) in [4.78, 5) is 49.4. The second kappa shape index (κ2) is 12.2. The predicted molar refractivity (Wildman–Crippen MR) is 126 cm³/mol. The molecule has 1 amide bonds. The molecule has 0 saturated heterocycles. The molecule has 0 saturated carbocycles. The normalized spacial score (nSPS) is 12.5. The van der Waals surface area contributed by atoms with Crippen molar-refractivity contribution in [1.29, 1.82) is 0 Å². The van der Waals surface area contributed by atoms with Gasteiger partial charge in [0.05, 0.1) is 0 Å². The quantitative estimate of drug-likeness (QED) is 0.271. The van der Waals surface area contributed by atoms with Gasteiger partial charge in [-0.1, -0.05) is 6.58 Å². The summed E-state index contributed by atoms with van der Waals surface area (Å²) in [6, 6.07) is 0. The highest BCUT2D eigenvalue weighted by atomic mass is 16.6. The van der Waals surface area contributed by atoms with Gasteiger partial charge in [-0.25, -0.2) is 0 Å². The zero-order valence-corrected chi connectivity index (χ0v) is 21.9. The summed E-state index contributed by atoms with van der Waals surface area (Å²) in [6.45, 7) is 19.4. The van der Waals surface area contributed by atoms with Crippen LogP contribution in [0.25, 0.3) is 0 Å². The molecule has 190 valence electrons. The summed E-state index contributed by atoms with van der Waals surface area (Å²) in [5.41, 5.74) is -3.00. The summed E-state index contributed by atoms with van der Waals surface area (Å²) < 4.78 is 16.2. The molecule has 0 atom stereocenters. The van der Waals surface area contributed by atoms with Crippen molar-refractivity contribution in [1.82, 2.24) is 5.32 Å². The zero-order valence-electron chi connectivity index (χ0n) is 21.9. The van der Waals surface area contributed by atoms with E-state index < -0.39 is 46.2 Å². The highest BCUT2D eigenvalue weighted by Crippen LogP contribution is 2.28. The van der Waals surface area contributed by atoms with Crippen LogP contribution in [0, 0.1) is 0 Å². The molecule has 0 radical (unpaired) electrons. The van der Waals surface area contributed by atoms with Gasteiger partial charge in [0.1, 0.15) is 16.8 Å². The number of hydrogen-bond donors (Lipinski definition) is 1. The lowest BCUT2D eigenvalue weighted by molar-refractivity contribution is -0.155. The average molecular weight is 470 g/mol. The van der Waals surface area contributed by atoms with Crippen LogP contribution in [0.5, 0.6) is 0 Å². The minimum absolute atomic E-state index is 0.00265. The molecule has 0 aromatic rings. The molecule has 0 heterocycles. The second-order valence-corrected chi connectivity index (χ2v) is 11.2. The van der Waals surface area contributed by atoms with Crippen LogP contribution in [0.2, 0.25) is 0 Å². The molecule has 0 fully saturated rings. The maximum Gasteiger partial charge on any atom is 0.306 e. The lowest BCUT2D eigenvalue weighted by Gasteiger charge is -2.35. The van der Waals surface area contributed by atoms with Gasteiger partial charge >= 0.3 is 17.9 Å². The summed E-state index contributed by atoms with van der Waals surface area (Å²) in [5.74, 6) is -1.77. The minimum atomic E-state index is -1.03. The number of ether oxygens (including phenoxy) is 3. The van der Waals surface area contributed by atoms with Gasteiger partial charge in [-0.2, -0.15) is 0 Å². The Kier molecular flexibility index (Phi) is 11.3. The molecule has 0 aromatic carbocycles. The van der Waals surface area contributed by atoms with Crippen LogP contribution in [-0.2, 0) is 33.4 Å². The highest BCUT2D eigenvalue weighted by molar-refractivity contribution is 5.87. The Balaban J connectivity index is 5.70. The van der Waals surface area contributed by atoms with Gasteiger partial charge in [0, 0.05) is 24.8 Å². The van der Waals surface area contributed by atoms with Crippen LogP contribution in [0.15, 0.2) is 12.7 Å². The molecule has 0 rings (SSSR count). The van der Waals surface area contributed by atoms with Crippen LogP contribution < -0.4 is 5.32 Å². The fourth-order valence-electron chi connectivity index (χ4n) is 3.08. The molecular formula is C25H43NO7. The first-order valence-electron chi connectivity index (χ1n) is 11.4. The Morgan fingerprint density at radius 2 is 0.909 bits per heavy atom. The maximum absolute atomic E-state index is 12.4. The smallest absolute Gasteiger partial charge is 0.306 e. The van der Waals surface area contributed by atoms with Gasteiger partial charge in [0.2, 0.25) is 5.91 Å². The van der Waals surface area contributed by atoms with Gasteiger partial charge in [-0.3, -0.25) is 19.2 Å². The summed E-state index contributed by atoms with van der Waals surface area (Å²) >= 11 is 0. The third kappa shape index (κ3) is 16.0. The Hall–Kier alpha value is -2.38. The van der Waals surface area contributed by atoms with E-state index in [0.29, 0.717) is 0 Å². The van der Waals surface area contributed by atoms with Crippen LogP contribution in [0.4, 0.5) is 0 Å². The number of carbonyl (C=O) groups is 4. The van der Waals surface area contributed by atoms with Crippen LogP contribution in [0.3, 0.4) is 0 Å². The minimum Gasteiger partial charge on any atom is -0.460 e. The van der Waals surface area contributed by atoms with Crippen molar-refractivity contribution in [3.05, 3.63) is 12.7 Å². The first kappa shape index (κ1) is 30.6. The summed E-state index contributed by atoms with van der Waals surface area (Å²) in [5, 5.41) is 2.85. The molecule has 33 heavy (non-hydrogen) atoms. The van der Waals surface area contributed by atoms with Crippen LogP contribution in [-0.4, -0.2) is 46.2 Å². The van der Waals surface area contributed by atoms with Crippen molar-refractivity contribution in [2.45, 2.75) is 123 Å². The Labute approximate surface area is 198 Å². The van der Waals surface area contributed by atoms with Gasteiger partial charge in [0.15, 0.2) is 0 Å². The van der Waals surface area contributed by atoms with E-state index in [4.69, 9.17) is 14.2 Å². The molecule has 8 heteroatoms. The molecule has 0 aliphatic carbocycles. The van der Waals surface area contributed by atoms with E-state index in [9.17, 15) is 19.2 Å². The average Bonchev–Trinajstić information content (AvgIpc) is 2.58. The monoisotopic (exact) mass is 469 g/mol. The third-order valence-corrected chi connectivity index (χ3v) is 4.26. The lowest BCUT2D eigenvalue weighted by atomic mass is 9.83. The molecular weight excluding hydrogens is 426 g/mol. The lowest BCUT2D eigenvalue weighted by Crippen LogP contribution is -2.49. The number of hydrogen-bond acceptors (Lipinski definition) is 7. The second-order valence-electron chi connectivity index (χ2n) is 11.2. The molecule has 0 spiro atoms. The molecule has 0 bridgehead atoms. The van der Waals surface area contributed by atoms with E-state index in [0.717, 1.165) is 6.08 Å². The van der Waals surface area contributed by atoms with E-state index in [1.807, 2.05) is 0 Å². The Bertz CT molecular complexity index is 627. The van der Waals surface area contributed by atoms with Crippen LogP contribution >= 0.6 is 0 Å². The predicted octanol–water partition coefficient (Wildman–Crippen LogP) is 4.39. The number of esters is 3. The number of nitrogens with one attached hydrogen (secondary N) is 1. The van der Waals surface area contributed by atoms with Crippen molar-refractivity contribution in [2.24, 2.45) is 0 Å². The third-order valence-electron chi connectivity index (χ3n) is 4.26. The van der Waals surface area contributed by atoms with E-state index in [-0.39, 0.29) is 38.5 Å². The van der Waals surface area contributed by atoms with Crippen molar-refractivity contribution in [3.63, 3.8) is 0 Å². The first-order chi connectivity index (χ1) is 14.8. The van der Waals surface area contributed by atoms with E-state index in [2.05, 4.69) is 11.9 Å². The van der Waals surface area contributed by atoms with E-state index >= 15 is 0 Å².